The number of imide groups is 1. The molecule has 1 saturated heterocycles. The van der Waals surface area contributed by atoms with E-state index in [4.69, 9.17) is 10.5 Å². The molecule has 0 aliphatic carbocycles. The molecule has 10 nitrogen and oxygen atoms in total. The van der Waals surface area contributed by atoms with E-state index in [-0.39, 0.29) is 19.1 Å². The van der Waals surface area contributed by atoms with Crippen LogP contribution in [-0.4, -0.2) is 45.5 Å². The monoisotopic (exact) mass is 506 g/mol. The average Bonchev–Trinajstić information content (AvgIpc) is 3.58. The zero-order chi connectivity index (χ0) is 26.3. The molecule has 38 heavy (non-hydrogen) atoms. The van der Waals surface area contributed by atoms with E-state index in [1.165, 1.54) is 0 Å². The predicted octanol–water partition coefficient (Wildman–Crippen LogP) is 1.99. The maximum atomic E-state index is 13.3. The number of hydrogen-bond donors (Lipinski definition) is 3. The highest BCUT2D eigenvalue weighted by atomic mass is 16.5. The highest BCUT2D eigenvalue weighted by molar-refractivity contribution is 6.08. The molecule has 0 spiro atoms. The minimum Gasteiger partial charge on any atom is -0.481 e. The van der Waals surface area contributed by atoms with Gasteiger partial charge in [0, 0.05) is 29.9 Å². The second-order valence-electron chi connectivity index (χ2n) is 9.07. The van der Waals surface area contributed by atoms with Gasteiger partial charge in [0.05, 0.1) is 18.3 Å². The Balaban J connectivity index is 1.29. The number of carbonyl (C=O) groups is 3. The van der Waals surface area contributed by atoms with Gasteiger partial charge in [-0.2, -0.15) is 5.10 Å². The van der Waals surface area contributed by atoms with Crippen LogP contribution in [0.15, 0.2) is 73.1 Å². The highest BCUT2D eigenvalue weighted by Gasteiger charge is 2.50. The van der Waals surface area contributed by atoms with Crippen molar-refractivity contribution in [2.45, 2.75) is 12.1 Å². The number of carbonyl (C=O) groups excluding carboxylic acids is 3. The number of aromatic nitrogens is 2. The number of fused-ring (bicyclic) bond motifs is 2. The summed E-state index contributed by atoms with van der Waals surface area (Å²) < 4.78 is 7.31. The largest absolute Gasteiger partial charge is 0.481 e. The summed E-state index contributed by atoms with van der Waals surface area (Å²) in [6.07, 6.45) is 3.65. The Morgan fingerprint density at radius 1 is 1.05 bits per heavy atom. The smallest absolute Gasteiger partial charge is 0.322 e. The van der Waals surface area contributed by atoms with E-state index >= 15 is 0 Å². The number of nitrogens with one attached hydrogen (secondary N) is 2. The normalized spacial score (nSPS) is 18.1. The molecule has 0 radical (unpaired) electrons. The first-order valence-electron chi connectivity index (χ1n) is 11.9. The molecular formula is C28H22N6O4. The molecule has 10 heteroatoms. The molecule has 4 amide bonds. The molecule has 0 bridgehead atoms. The summed E-state index contributed by atoms with van der Waals surface area (Å²) in [6.45, 7) is 0.360. The lowest BCUT2D eigenvalue weighted by atomic mass is 9.88. The van der Waals surface area contributed by atoms with Gasteiger partial charge in [0.25, 0.3) is 11.8 Å². The summed E-state index contributed by atoms with van der Waals surface area (Å²) in [5.41, 5.74) is 8.36. The van der Waals surface area contributed by atoms with Crippen LogP contribution in [0.3, 0.4) is 0 Å². The summed E-state index contributed by atoms with van der Waals surface area (Å²) in [7, 11) is 0. The molecule has 2 aliphatic heterocycles. The van der Waals surface area contributed by atoms with E-state index in [1.54, 1.807) is 39.9 Å². The van der Waals surface area contributed by atoms with E-state index in [0.717, 1.165) is 22.2 Å². The van der Waals surface area contributed by atoms with Crippen LogP contribution in [0.5, 0.6) is 5.75 Å². The Kier molecular flexibility index (Phi) is 5.46. The van der Waals surface area contributed by atoms with Crippen molar-refractivity contribution in [3.05, 3.63) is 89.7 Å². The van der Waals surface area contributed by atoms with Crippen LogP contribution in [0.4, 0.5) is 4.79 Å². The van der Waals surface area contributed by atoms with E-state index in [9.17, 15) is 14.4 Å². The molecule has 4 aromatic rings. The summed E-state index contributed by atoms with van der Waals surface area (Å²) in [6, 6.07) is 20.1. The summed E-state index contributed by atoms with van der Waals surface area (Å²) in [5.74, 6) is 2.33. The lowest BCUT2D eigenvalue weighted by Gasteiger charge is -2.31. The Labute approximate surface area is 217 Å². The van der Waals surface area contributed by atoms with E-state index < -0.39 is 17.5 Å². The van der Waals surface area contributed by atoms with Crippen molar-refractivity contribution in [1.82, 2.24) is 25.1 Å². The van der Waals surface area contributed by atoms with Gasteiger partial charge in [0.1, 0.15) is 5.75 Å². The fourth-order valence-corrected chi connectivity index (χ4v) is 4.99. The fraction of sp³-hybridized carbons (Fsp3) is 0.143. The molecule has 0 saturated carbocycles. The fourth-order valence-electron chi connectivity index (χ4n) is 4.99. The number of nitrogens with two attached hydrogens (primary N) is 1. The van der Waals surface area contributed by atoms with Crippen LogP contribution >= 0.6 is 0 Å². The lowest BCUT2D eigenvalue weighted by molar-refractivity contribution is -0.124. The molecule has 0 unspecified atom stereocenters. The summed E-state index contributed by atoms with van der Waals surface area (Å²) in [4.78, 5) is 40.4. The second kappa shape index (κ2) is 8.97. The maximum Gasteiger partial charge on any atom is 0.322 e. The summed E-state index contributed by atoms with van der Waals surface area (Å²) in [5, 5.41) is 9.50. The first-order chi connectivity index (χ1) is 18.5. The number of hydrogen-bond acceptors (Lipinski definition) is 6. The molecule has 2 aliphatic rings. The molecule has 4 N–H and O–H groups in total. The molecule has 6 rings (SSSR count). The first-order valence-corrected chi connectivity index (χ1v) is 11.9. The van der Waals surface area contributed by atoms with Crippen molar-refractivity contribution in [2.75, 3.05) is 13.2 Å². The predicted molar refractivity (Wildman–Crippen MR) is 138 cm³/mol. The highest BCUT2D eigenvalue weighted by Crippen LogP contribution is 2.34. The van der Waals surface area contributed by atoms with Gasteiger partial charge in [-0.3, -0.25) is 14.9 Å². The molecule has 188 valence electrons. The summed E-state index contributed by atoms with van der Waals surface area (Å²) >= 11 is 0. The molecule has 1 fully saturated rings. The van der Waals surface area contributed by atoms with Crippen LogP contribution in [0.2, 0.25) is 0 Å². The Morgan fingerprint density at radius 3 is 2.66 bits per heavy atom. The molecular weight excluding hydrogens is 484 g/mol. The third-order valence-corrected chi connectivity index (χ3v) is 6.86. The average molecular weight is 507 g/mol. The molecule has 2 aromatic heterocycles. The lowest BCUT2D eigenvalue weighted by Crippen LogP contribution is -2.52. The molecule has 1 atom stereocenters. The zero-order valence-corrected chi connectivity index (χ0v) is 20.1. The quantitative estimate of drug-likeness (QED) is 0.208. The Morgan fingerprint density at radius 2 is 1.89 bits per heavy atom. The third kappa shape index (κ3) is 3.77. The van der Waals surface area contributed by atoms with Gasteiger partial charge in [0.15, 0.2) is 12.1 Å². The number of nitrogens with zero attached hydrogens (tertiary/aromatic N) is 3. The van der Waals surface area contributed by atoms with Crippen molar-refractivity contribution >= 4 is 23.4 Å². The van der Waals surface area contributed by atoms with E-state index in [2.05, 4.69) is 27.7 Å². The van der Waals surface area contributed by atoms with Crippen LogP contribution in [0, 0.1) is 12.0 Å². The minimum absolute atomic E-state index is 0.0387. The van der Waals surface area contributed by atoms with E-state index in [1.807, 2.05) is 42.6 Å². The Hall–Kier alpha value is -5.30. The van der Waals surface area contributed by atoms with E-state index in [0.29, 0.717) is 23.4 Å². The van der Waals surface area contributed by atoms with Gasteiger partial charge in [-0.15, -0.1) is 0 Å². The van der Waals surface area contributed by atoms with Gasteiger partial charge in [0.2, 0.25) is 0 Å². The van der Waals surface area contributed by atoms with Crippen molar-refractivity contribution in [3.63, 3.8) is 0 Å². The molecule has 4 heterocycles. The van der Waals surface area contributed by atoms with Gasteiger partial charge in [-0.25, -0.2) is 9.31 Å². The SMILES string of the molecule is NC#CCOc1ccc2c(c1)C(=O)N(C[C@@]1(c3ccc(-c4cnn5ccccc45)cc3)NC(=O)NC1=O)C2. The van der Waals surface area contributed by atoms with Crippen molar-refractivity contribution in [1.29, 1.82) is 0 Å². The van der Waals surface area contributed by atoms with Gasteiger partial charge in [-0.05, 0) is 46.9 Å². The van der Waals surface area contributed by atoms with Gasteiger partial charge in [-0.1, -0.05) is 36.4 Å². The third-order valence-electron chi connectivity index (χ3n) is 6.86. The van der Waals surface area contributed by atoms with Crippen LogP contribution in [0.1, 0.15) is 21.5 Å². The maximum absolute atomic E-state index is 13.3. The zero-order valence-electron chi connectivity index (χ0n) is 20.1. The van der Waals surface area contributed by atoms with Crippen molar-refractivity contribution in [3.8, 4) is 28.8 Å². The number of benzene rings is 2. The van der Waals surface area contributed by atoms with Crippen LogP contribution in [-0.2, 0) is 16.9 Å². The number of amides is 4. The van der Waals surface area contributed by atoms with Gasteiger partial charge >= 0.3 is 6.03 Å². The Bertz CT molecular complexity index is 1670. The minimum atomic E-state index is -1.44. The van der Waals surface area contributed by atoms with Crippen molar-refractivity contribution < 1.29 is 19.1 Å². The topological polar surface area (TPSA) is 131 Å². The number of pyridine rings is 1. The standard InChI is InChI=1S/C28H22N6O4/c29-11-3-13-38-21-10-7-19-16-33(25(35)22(19)14-21)17-28(26(36)31-27(37)32-28)20-8-5-18(6-9-20)23-15-30-34-12-2-1-4-24(23)34/h1-2,4-10,12,14-15H,13,16-17,29H2,(H2,31,32,36,37)/t28-/m0/s1. The van der Waals surface area contributed by atoms with Crippen LogP contribution in [0.25, 0.3) is 16.6 Å². The number of urea groups is 1. The van der Waals surface area contributed by atoms with Crippen LogP contribution < -0.4 is 21.1 Å². The van der Waals surface area contributed by atoms with Gasteiger partial charge < -0.3 is 20.7 Å². The second-order valence-corrected chi connectivity index (χ2v) is 9.07. The number of rotatable bonds is 6. The first kappa shape index (κ1) is 23.1. The molecule has 2 aromatic carbocycles. The number of ether oxygens (including phenoxy) is 1. The van der Waals surface area contributed by atoms with Crippen molar-refractivity contribution in [2.24, 2.45) is 5.73 Å².